The van der Waals surface area contributed by atoms with Crippen molar-refractivity contribution in [2.24, 2.45) is 0 Å². The van der Waals surface area contributed by atoms with Gasteiger partial charge in [0.15, 0.2) is 0 Å². The number of aliphatic hydroxyl groups is 1. The Morgan fingerprint density at radius 1 is 1.12 bits per heavy atom. The van der Waals surface area contributed by atoms with Crippen molar-refractivity contribution in [1.29, 1.82) is 0 Å². The quantitative estimate of drug-likeness (QED) is 0.506. The first-order chi connectivity index (χ1) is 15.5. The summed E-state index contributed by atoms with van der Waals surface area (Å²) in [5, 5.41) is 12.9. The number of fused-ring (bicyclic) bond motifs is 1. The Kier molecular flexibility index (Phi) is 5.07. The van der Waals surface area contributed by atoms with Gasteiger partial charge in [-0.2, -0.15) is 0 Å². The molecule has 8 heteroatoms. The van der Waals surface area contributed by atoms with E-state index in [1.54, 1.807) is 29.0 Å². The predicted octanol–water partition coefficient (Wildman–Crippen LogP) is 3.36. The minimum absolute atomic E-state index is 0.315. The van der Waals surface area contributed by atoms with Crippen LogP contribution in [0.25, 0.3) is 11.0 Å². The SMILES string of the molecule is Cc1ccc(Cn2c(C(=O)Nc3ccc(N4CC(O)C4)nc3)cc3cc(F)cnc32)cc1. The molecular weight excluding hydrogens is 409 g/mol. The maximum atomic E-state index is 13.8. The number of rotatable bonds is 5. The summed E-state index contributed by atoms with van der Waals surface area (Å²) < 4.78 is 15.5. The van der Waals surface area contributed by atoms with E-state index in [2.05, 4.69) is 15.3 Å². The first-order valence-corrected chi connectivity index (χ1v) is 10.4. The number of aromatic nitrogens is 3. The Bertz CT molecular complexity index is 1280. The molecule has 4 heterocycles. The van der Waals surface area contributed by atoms with E-state index in [1.165, 1.54) is 6.07 Å². The highest BCUT2D eigenvalue weighted by molar-refractivity contribution is 6.06. The third-order valence-corrected chi connectivity index (χ3v) is 5.59. The lowest BCUT2D eigenvalue weighted by atomic mass is 10.1. The van der Waals surface area contributed by atoms with Gasteiger partial charge in [-0.05, 0) is 36.8 Å². The van der Waals surface area contributed by atoms with Crippen LogP contribution in [0, 0.1) is 12.7 Å². The minimum atomic E-state index is -0.451. The van der Waals surface area contributed by atoms with Gasteiger partial charge in [0.05, 0.1) is 24.2 Å². The number of aryl methyl sites for hydroxylation is 1. The van der Waals surface area contributed by atoms with Crippen LogP contribution in [0.1, 0.15) is 21.6 Å². The van der Waals surface area contributed by atoms with Gasteiger partial charge >= 0.3 is 0 Å². The van der Waals surface area contributed by atoms with Crippen LogP contribution in [-0.2, 0) is 6.54 Å². The van der Waals surface area contributed by atoms with E-state index in [-0.39, 0.29) is 12.0 Å². The number of benzene rings is 1. The van der Waals surface area contributed by atoms with Crippen molar-refractivity contribution >= 4 is 28.4 Å². The van der Waals surface area contributed by atoms with Crippen LogP contribution in [0.15, 0.2) is 60.9 Å². The molecule has 5 rings (SSSR count). The molecule has 0 atom stereocenters. The highest BCUT2D eigenvalue weighted by Gasteiger charge is 2.25. The van der Waals surface area contributed by atoms with Gasteiger partial charge in [-0.25, -0.2) is 14.4 Å². The predicted molar refractivity (Wildman–Crippen MR) is 120 cm³/mol. The molecule has 0 radical (unpaired) electrons. The molecule has 1 fully saturated rings. The highest BCUT2D eigenvalue weighted by atomic mass is 19.1. The van der Waals surface area contributed by atoms with Gasteiger partial charge < -0.3 is 19.9 Å². The number of β-amino-alcohol motifs (C(OH)–C–C–N with tert-alkyl or cyclic N) is 1. The fraction of sp³-hybridized carbons (Fsp3) is 0.208. The zero-order valence-corrected chi connectivity index (χ0v) is 17.5. The number of nitrogens with zero attached hydrogens (tertiary/aromatic N) is 4. The molecule has 7 nitrogen and oxygen atoms in total. The molecule has 1 amide bonds. The van der Waals surface area contributed by atoms with E-state index in [0.717, 1.165) is 23.1 Å². The summed E-state index contributed by atoms with van der Waals surface area (Å²) in [6, 6.07) is 14.6. The van der Waals surface area contributed by atoms with Crippen molar-refractivity contribution in [1.82, 2.24) is 14.5 Å². The van der Waals surface area contributed by atoms with Crippen LogP contribution in [-0.4, -0.2) is 44.7 Å². The van der Waals surface area contributed by atoms with Crippen LogP contribution in [0.4, 0.5) is 15.9 Å². The number of hydrogen-bond acceptors (Lipinski definition) is 5. The first kappa shape index (κ1) is 20.1. The highest BCUT2D eigenvalue weighted by Crippen LogP contribution is 2.23. The molecule has 0 saturated carbocycles. The zero-order valence-electron chi connectivity index (χ0n) is 17.5. The van der Waals surface area contributed by atoms with E-state index >= 15 is 0 Å². The van der Waals surface area contributed by atoms with Crippen LogP contribution in [0.2, 0.25) is 0 Å². The molecule has 2 N–H and O–H groups in total. The van der Waals surface area contributed by atoms with Crippen molar-refractivity contribution in [2.75, 3.05) is 23.3 Å². The van der Waals surface area contributed by atoms with Crippen molar-refractivity contribution in [3.8, 4) is 0 Å². The van der Waals surface area contributed by atoms with Crippen molar-refractivity contribution in [3.05, 3.63) is 83.6 Å². The molecule has 0 spiro atoms. The third kappa shape index (κ3) is 3.92. The van der Waals surface area contributed by atoms with Gasteiger partial charge in [-0.1, -0.05) is 29.8 Å². The number of amides is 1. The summed E-state index contributed by atoms with van der Waals surface area (Å²) in [6.07, 6.45) is 2.43. The molecule has 1 saturated heterocycles. The molecule has 0 bridgehead atoms. The molecule has 0 aliphatic carbocycles. The number of hydrogen-bond donors (Lipinski definition) is 2. The summed E-state index contributed by atoms with van der Waals surface area (Å²) in [7, 11) is 0. The first-order valence-electron chi connectivity index (χ1n) is 10.4. The molecular formula is C24H22FN5O2. The van der Waals surface area contributed by atoms with Gasteiger partial charge in [-0.15, -0.1) is 0 Å². The third-order valence-electron chi connectivity index (χ3n) is 5.59. The van der Waals surface area contributed by atoms with E-state index in [4.69, 9.17) is 0 Å². The second kappa shape index (κ2) is 8.05. The number of carbonyl (C=O) groups is 1. The van der Waals surface area contributed by atoms with Crippen LogP contribution in [0.5, 0.6) is 0 Å². The number of nitrogens with one attached hydrogen (secondary N) is 1. The summed E-state index contributed by atoms with van der Waals surface area (Å²) in [6.45, 7) is 3.56. The Balaban J connectivity index is 1.43. The average Bonchev–Trinajstić information content (AvgIpc) is 3.11. The smallest absolute Gasteiger partial charge is 0.272 e. The Morgan fingerprint density at radius 2 is 1.91 bits per heavy atom. The maximum absolute atomic E-state index is 13.8. The average molecular weight is 431 g/mol. The lowest BCUT2D eigenvalue weighted by Gasteiger charge is -2.36. The Labute approximate surface area is 184 Å². The van der Waals surface area contributed by atoms with E-state index in [9.17, 15) is 14.3 Å². The second-order valence-electron chi connectivity index (χ2n) is 8.09. The largest absolute Gasteiger partial charge is 0.389 e. The fourth-order valence-corrected chi connectivity index (χ4v) is 3.83. The summed E-state index contributed by atoms with van der Waals surface area (Å²) in [5.74, 6) is -0.0289. The monoisotopic (exact) mass is 431 g/mol. The van der Waals surface area contributed by atoms with Crippen molar-refractivity contribution < 1.29 is 14.3 Å². The van der Waals surface area contributed by atoms with Gasteiger partial charge in [0.2, 0.25) is 0 Å². The lowest BCUT2D eigenvalue weighted by Crippen LogP contribution is -2.51. The lowest BCUT2D eigenvalue weighted by molar-refractivity contribution is 0.101. The molecule has 1 aliphatic rings. The van der Waals surface area contributed by atoms with Crippen molar-refractivity contribution in [2.45, 2.75) is 19.6 Å². The van der Waals surface area contributed by atoms with Crippen molar-refractivity contribution in [3.63, 3.8) is 0 Å². The normalized spacial score (nSPS) is 13.9. The fourth-order valence-electron chi connectivity index (χ4n) is 3.83. The Hall–Kier alpha value is -3.78. The number of halogens is 1. The summed E-state index contributed by atoms with van der Waals surface area (Å²) >= 11 is 0. The van der Waals surface area contributed by atoms with Crippen LogP contribution >= 0.6 is 0 Å². The minimum Gasteiger partial charge on any atom is -0.389 e. The second-order valence-corrected chi connectivity index (χ2v) is 8.09. The standard InChI is InChI=1S/C24H22FN5O2/c1-15-2-4-16(5-3-15)12-30-21(9-17-8-18(25)10-27-23(17)30)24(32)28-19-6-7-22(26-11-19)29-13-20(31)14-29/h2-11,20,31H,12-14H2,1H3,(H,28,32). The molecule has 32 heavy (non-hydrogen) atoms. The van der Waals surface area contributed by atoms with E-state index < -0.39 is 5.82 Å². The number of carbonyl (C=O) groups excluding carboxylic acids is 1. The Morgan fingerprint density at radius 3 is 2.59 bits per heavy atom. The number of aliphatic hydroxyl groups excluding tert-OH is 1. The van der Waals surface area contributed by atoms with Crippen LogP contribution < -0.4 is 10.2 Å². The van der Waals surface area contributed by atoms with Gasteiger partial charge in [0.25, 0.3) is 5.91 Å². The van der Waals surface area contributed by atoms with E-state index in [1.807, 2.05) is 36.1 Å². The summed E-state index contributed by atoms with van der Waals surface area (Å²) in [4.78, 5) is 23.7. The summed E-state index contributed by atoms with van der Waals surface area (Å²) in [5.41, 5.74) is 3.63. The van der Waals surface area contributed by atoms with Gasteiger partial charge in [-0.3, -0.25) is 4.79 Å². The molecule has 3 aromatic heterocycles. The molecule has 4 aromatic rings. The topological polar surface area (TPSA) is 83.3 Å². The molecule has 1 aromatic carbocycles. The molecule has 162 valence electrons. The maximum Gasteiger partial charge on any atom is 0.272 e. The molecule has 0 unspecified atom stereocenters. The van der Waals surface area contributed by atoms with Gasteiger partial charge in [0, 0.05) is 25.0 Å². The number of pyridine rings is 2. The molecule has 1 aliphatic heterocycles. The van der Waals surface area contributed by atoms with Gasteiger partial charge in [0.1, 0.15) is 23.0 Å². The zero-order chi connectivity index (χ0) is 22.2. The van der Waals surface area contributed by atoms with E-state index in [0.29, 0.717) is 42.0 Å². The number of anilines is 2. The van der Waals surface area contributed by atoms with Crippen LogP contribution in [0.3, 0.4) is 0 Å².